The maximum atomic E-state index is 11.4. The highest BCUT2D eigenvalue weighted by Crippen LogP contribution is 2.33. The highest BCUT2D eigenvalue weighted by atomic mass is 16.6. The first-order chi connectivity index (χ1) is 11.5. The van der Waals surface area contributed by atoms with Gasteiger partial charge in [0.2, 0.25) is 0 Å². The van der Waals surface area contributed by atoms with E-state index in [9.17, 15) is 9.59 Å². The van der Waals surface area contributed by atoms with Crippen LogP contribution in [0.1, 0.15) is 34.0 Å². The number of carbonyl (C=O) groups is 2. The van der Waals surface area contributed by atoms with Crippen LogP contribution in [0.3, 0.4) is 0 Å². The molecule has 126 valence electrons. The van der Waals surface area contributed by atoms with Crippen LogP contribution in [0.5, 0.6) is 5.75 Å². The van der Waals surface area contributed by atoms with Gasteiger partial charge in [-0.05, 0) is 67.6 Å². The first kappa shape index (κ1) is 17.7. The third-order valence-electron chi connectivity index (χ3n) is 3.94. The molecule has 0 spiro atoms. The van der Waals surface area contributed by atoms with Crippen molar-refractivity contribution >= 4 is 12.3 Å². The second-order valence-electron chi connectivity index (χ2n) is 5.66. The fraction of sp³-hybridized carbons (Fsp3) is 0.300. The van der Waals surface area contributed by atoms with Gasteiger partial charge < -0.3 is 9.47 Å². The summed E-state index contributed by atoms with van der Waals surface area (Å²) in [6.07, 6.45) is 0.875. The van der Waals surface area contributed by atoms with Crippen LogP contribution in [0.2, 0.25) is 0 Å². The van der Waals surface area contributed by atoms with Crippen molar-refractivity contribution in [2.75, 3.05) is 13.2 Å². The molecule has 0 heterocycles. The van der Waals surface area contributed by atoms with E-state index in [0.717, 1.165) is 34.1 Å². The normalized spacial score (nSPS) is 10.3. The molecule has 0 unspecified atom stereocenters. The monoisotopic (exact) mass is 326 g/mol. The van der Waals surface area contributed by atoms with Gasteiger partial charge in [-0.25, -0.2) is 4.79 Å². The lowest BCUT2D eigenvalue weighted by molar-refractivity contribution is -0.145. The van der Waals surface area contributed by atoms with Gasteiger partial charge in [0.15, 0.2) is 6.61 Å². The number of aldehydes is 1. The van der Waals surface area contributed by atoms with Crippen LogP contribution in [-0.2, 0) is 9.53 Å². The lowest BCUT2D eigenvalue weighted by Crippen LogP contribution is -2.14. The predicted molar refractivity (Wildman–Crippen MR) is 93.6 cm³/mol. The summed E-state index contributed by atoms with van der Waals surface area (Å²) in [5.41, 5.74) is 5.82. The van der Waals surface area contributed by atoms with Gasteiger partial charge in [-0.3, -0.25) is 4.79 Å². The van der Waals surface area contributed by atoms with Gasteiger partial charge in [0, 0.05) is 5.56 Å². The van der Waals surface area contributed by atoms with Crippen LogP contribution >= 0.6 is 0 Å². The number of hydrogen-bond acceptors (Lipinski definition) is 4. The van der Waals surface area contributed by atoms with E-state index in [-0.39, 0.29) is 12.6 Å². The van der Waals surface area contributed by atoms with E-state index in [1.54, 1.807) is 6.92 Å². The topological polar surface area (TPSA) is 52.6 Å². The highest BCUT2D eigenvalue weighted by molar-refractivity contribution is 5.84. The second kappa shape index (κ2) is 7.77. The van der Waals surface area contributed by atoms with Crippen LogP contribution in [0, 0.1) is 20.8 Å². The molecule has 0 N–H and O–H groups in total. The fourth-order valence-corrected chi connectivity index (χ4v) is 2.83. The Bertz CT molecular complexity index is 739. The Balaban J connectivity index is 2.34. The summed E-state index contributed by atoms with van der Waals surface area (Å²) in [4.78, 5) is 22.6. The van der Waals surface area contributed by atoms with Crippen LogP contribution in [-0.4, -0.2) is 25.5 Å². The summed E-state index contributed by atoms with van der Waals surface area (Å²) in [7, 11) is 0. The first-order valence-electron chi connectivity index (χ1n) is 7.92. The van der Waals surface area contributed by atoms with Crippen LogP contribution in [0.15, 0.2) is 30.3 Å². The zero-order chi connectivity index (χ0) is 17.7. The minimum Gasteiger partial charge on any atom is -0.482 e. The van der Waals surface area contributed by atoms with Crippen molar-refractivity contribution in [1.82, 2.24) is 0 Å². The van der Waals surface area contributed by atoms with Gasteiger partial charge >= 0.3 is 5.97 Å². The average molecular weight is 326 g/mol. The van der Waals surface area contributed by atoms with Crippen molar-refractivity contribution in [1.29, 1.82) is 0 Å². The fourth-order valence-electron chi connectivity index (χ4n) is 2.83. The van der Waals surface area contributed by atoms with Gasteiger partial charge in [0.25, 0.3) is 0 Å². The molecule has 0 aliphatic rings. The molecule has 0 bridgehead atoms. The second-order valence-corrected chi connectivity index (χ2v) is 5.66. The molecule has 0 saturated carbocycles. The standard InChI is InChI=1S/C20H22O4/c1-5-23-19(22)12-24-17-9-13(2)20(14(3)10-17)18-8-6-7-16(11-21)15(18)4/h6-11H,5,12H2,1-4H3. The van der Waals surface area contributed by atoms with Crippen molar-refractivity contribution in [2.45, 2.75) is 27.7 Å². The molecule has 4 heteroatoms. The molecule has 24 heavy (non-hydrogen) atoms. The Morgan fingerprint density at radius 1 is 1.12 bits per heavy atom. The van der Waals surface area contributed by atoms with Gasteiger partial charge in [0.05, 0.1) is 6.61 Å². The molecule has 0 amide bonds. The Kier molecular flexibility index (Phi) is 5.74. The molecule has 0 aromatic heterocycles. The summed E-state index contributed by atoms with van der Waals surface area (Å²) >= 11 is 0. The summed E-state index contributed by atoms with van der Waals surface area (Å²) < 4.78 is 10.4. The lowest BCUT2D eigenvalue weighted by atomic mass is 9.90. The molecule has 2 rings (SSSR count). The molecular formula is C20H22O4. The number of rotatable bonds is 6. The minimum atomic E-state index is -0.383. The number of carbonyl (C=O) groups excluding carboxylic acids is 2. The van der Waals surface area contributed by atoms with Crippen molar-refractivity contribution in [3.63, 3.8) is 0 Å². The summed E-state index contributed by atoms with van der Waals surface area (Å²) in [6, 6.07) is 9.50. The Morgan fingerprint density at radius 2 is 1.79 bits per heavy atom. The maximum Gasteiger partial charge on any atom is 0.344 e. The zero-order valence-corrected chi connectivity index (χ0v) is 14.5. The molecule has 0 aliphatic carbocycles. The number of hydrogen-bond donors (Lipinski definition) is 0. The van der Waals surface area contributed by atoms with Crippen LogP contribution in [0.4, 0.5) is 0 Å². The highest BCUT2D eigenvalue weighted by Gasteiger charge is 2.13. The van der Waals surface area contributed by atoms with Gasteiger partial charge in [0.1, 0.15) is 12.0 Å². The largest absolute Gasteiger partial charge is 0.482 e. The molecule has 4 nitrogen and oxygen atoms in total. The molecule has 2 aromatic carbocycles. The number of ether oxygens (including phenoxy) is 2. The summed E-state index contributed by atoms with van der Waals surface area (Å²) in [5.74, 6) is 0.248. The van der Waals surface area contributed by atoms with E-state index in [4.69, 9.17) is 9.47 Å². The Morgan fingerprint density at radius 3 is 2.38 bits per heavy atom. The van der Waals surface area contributed by atoms with E-state index in [2.05, 4.69) is 0 Å². The van der Waals surface area contributed by atoms with Crippen molar-refractivity contribution < 1.29 is 19.1 Å². The van der Waals surface area contributed by atoms with Gasteiger partial charge in [-0.1, -0.05) is 18.2 Å². The van der Waals surface area contributed by atoms with E-state index < -0.39 is 0 Å². The Labute approximate surface area is 142 Å². The van der Waals surface area contributed by atoms with E-state index in [1.165, 1.54) is 0 Å². The molecule has 0 aliphatic heterocycles. The van der Waals surface area contributed by atoms with E-state index in [0.29, 0.717) is 17.9 Å². The molecule has 0 saturated heterocycles. The minimum absolute atomic E-state index is 0.105. The number of esters is 1. The third-order valence-corrected chi connectivity index (χ3v) is 3.94. The van der Waals surface area contributed by atoms with E-state index in [1.807, 2.05) is 51.1 Å². The number of benzene rings is 2. The summed E-state index contributed by atoms with van der Waals surface area (Å²) in [6.45, 7) is 7.93. The molecule has 0 fully saturated rings. The van der Waals surface area contributed by atoms with E-state index >= 15 is 0 Å². The molecular weight excluding hydrogens is 304 g/mol. The number of aryl methyl sites for hydroxylation is 2. The average Bonchev–Trinajstić information content (AvgIpc) is 2.54. The SMILES string of the molecule is CCOC(=O)COc1cc(C)c(-c2cccc(C=O)c2C)c(C)c1. The molecule has 0 atom stereocenters. The first-order valence-corrected chi connectivity index (χ1v) is 7.92. The maximum absolute atomic E-state index is 11.4. The van der Waals surface area contributed by atoms with Crippen LogP contribution in [0.25, 0.3) is 11.1 Å². The quantitative estimate of drug-likeness (QED) is 0.594. The predicted octanol–water partition coefficient (Wildman–Crippen LogP) is 4.03. The van der Waals surface area contributed by atoms with Crippen molar-refractivity contribution in [3.8, 4) is 16.9 Å². The van der Waals surface area contributed by atoms with Crippen LogP contribution < -0.4 is 4.74 Å². The third kappa shape index (κ3) is 3.82. The smallest absolute Gasteiger partial charge is 0.344 e. The Hall–Kier alpha value is -2.62. The molecule has 0 radical (unpaired) electrons. The van der Waals surface area contributed by atoms with Gasteiger partial charge in [-0.15, -0.1) is 0 Å². The molecule has 2 aromatic rings. The lowest BCUT2D eigenvalue weighted by Gasteiger charge is -2.16. The summed E-state index contributed by atoms with van der Waals surface area (Å²) in [5, 5.41) is 0. The van der Waals surface area contributed by atoms with Crippen molar-refractivity contribution in [3.05, 3.63) is 52.6 Å². The van der Waals surface area contributed by atoms with Gasteiger partial charge in [-0.2, -0.15) is 0 Å². The zero-order valence-electron chi connectivity index (χ0n) is 14.5. The van der Waals surface area contributed by atoms with Crippen molar-refractivity contribution in [2.24, 2.45) is 0 Å².